The lowest BCUT2D eigenvalue weighted by Crippen LogP contribution is -2.25. The summed E-state index contributed by atoms with van der Waals surface area (Å²) < 4.78 is 1.25. The lowest BCUT2D eigenvalue weighted by molar-refractivity contribution is 0.102. The monoisotopic (exact) mass is 345 g/mol. The van der Waals surface area contributed by atoms with Crippen LogP contribution < -0.4 is 10.9 Å². The Hall–Kier alpha value is -3.21. The molecule has 5 heteroatoms. The molecule has 0 bridgehead atoms. The standard InChI is InChI=1S/C21H19N3O2/c25-20-14-13-19(23-24(20)16-9-2-1-3-10-16)21(26)22-18-12-6-8-15-7-4-5-11-17(15)18/h1-3,6,8-10,12-14H,4-5,7,11H2,(H,22,26). The molecule has 1 aliphatic carbocycles. The van der Waals surface area contributed by atoms with Crippen LogP contribution in [0.5, 0.6) is 0 Å². The summed E-state index contributed by atoms with van der Waals surface area (Å²) in [6.45, 7) is 0. The molecule has 0 aliphatic heterocycles. The van der Waals surface area contributed by atoms with Gasteiger partial charge in [0.15, 0.2) is 0 Å². The Kier molecular flexibility index (Phi) is 4.35. The van der Waals surface area contributed by atoms with Crippen LogP contribution in [0.3, 0.4) is 0 Å². The van der Waals surface area contributed by atoms with Crippen molar-refractivity contribution in [2.24, 2.45) is 0 Å². The summed E-state index contributed by atoms with van der Waals surface area (Å²) >= 11 is 0. The van der Waals surface area contributed by atoms with Gasteiger partial charge in [-0.15, -0.1) is 0 Å². The molecule has 5 nitrogen and oxygen atoms in total. The van der Waals surface area contributed by atoms with E-state index in [1.807, 2.05) is 30.3 Å². The Labute approximate surface area is 151 Å². The molecule has 0 saturated heterocycles. The second-order valence-corrected chi connectivity index (χ2v) is 6.41. The first-order chi connectivity index (χ1) is 12.7. The van der Waals surface area contributed by atoms with E-state index in [-0.39, 0.29) is 17.2 Å². The van der Waals surface area contributed by atoms with Crippen LogP contribution in [0.1, 0.15) is 34.5 Å². The van der Waals surface area contributed by atoms with Crippen molar-refractivity contribution in [1.29, 1.82) is 0 Å². The number of aryl methyl sites for hydroxylation is 1. The number of aromatic nitrogens is 2. The van der Waals surface area contributed by atoms with Crippen molar-refractivity contribution in [1.82, 2.24) is 9.78 Å². The third-order valence-electron chi connectivity index (χ3n) is 4.68. The second-order valence-electron chi connectivity index (χ2n) is 6.41. The van der Waals surface area contributed by atoms with Gasteiger partial charge in [-0.2, -0.15) is 9.78 Å². The molecule has 0 saturated carbocycles. The van der Waals surface area contributed by atoms with Gasteiger partial charge in [0.1, 0.15) is 5.69 Å². The van der Waals surface area contributed by atoms with Crippen molar-refractivity contribution >= 4 is 11.6 Å². The summed E-state index contributed by atoms with van der Waals surface area (Å²) in [6.07, 6.45) is 4.35. The third-order valence-corrected chi connectivity index (χ3v) is 4.68. The summed E-state index contributed by atoms with van der Waals surface area (Å²) in [5, 5.41) is 7.21. The van der Waals surface area contributed by atoms with Crippen molar-refractivity contribution in [3.63, 3.8) is 0 Å². The number of carbonyl (C=O) groups excluding carboxylic acids is 1. The maximum absolute atomic E-state index is 12.7. The van der Waals surface area contributed by atoms with Gasteiger partial charge in [0.2, 0.25) is 0 Å². The lowest BCUT2D eigenvalue weighted by Gasteiger charge is -2.19. The maximum Gasteiger partial charge on any atom is 0.276 e. The quantitative estimate of drug-likeness (QED) is 0.792. The first-order valence-electron chi connectivity index (χ1n) is 8.80. The van der Waals surface area contributed by atoms with E-state index in [0.29, 0.717) is 5.69 Å². The SMILES string of the molecule is O=C(Nc1cccc2c1CCCC2)c1ccc(=O)n(-c2ccccc2)n1. The number of carbonyl (C=O) groups is 1. The fourth-order valence-electron chi connectivity index (χ4n) is 3.37. The third kappa shape index (κ3) is 3.16. The molecule has 0 unspecified atom stereocenters. The van der Waals surface area contributed by atoms with E-state index in [4.69, 9.17) is 0 Å². The van der Waals surface area contributed by atoms with Crippen LogP contribution >= 0.6 is 0 Å². The predicted octanol–water partition coefficient (Wildman–Crippen LogP) is 3.36. The van der Waals surface area contributed by atoms with E-state index < -0.39 is 0 Å². The van der Waals surface area contributed by atoms with Crippen LogP contribution in [-0.2, 0) is 12.8 Å². The van der Waals surface area contributed by atoms with Gasteiger partial charge < -0.3 is 5.32 Å². The molecular formula is C21H19N3O2. The highest BCUT2D eigenvalue weighted by Crippen LogP contribution is 2.28. The molecule has 1 N–H and O–H groups in total. The first kappa shape index (κ1) is 16.3. The zero-order chi connectivity index (χ0) is 17.9. The van der Waals surface area contributed by atoms with Crippen LogP contribution in [-0.4, -0.2) is 15.7 Å². The Morgan fingerprint density at radius 3 is 2.58 bits per heavy atom. The minimum atomic E-state index is -0.311. The van der Waals surface area contributed by atoms with E-state index in [9.17, 15) is 9.59 Å². The normalized spacial score (nSPS) is 13.1. The summed E-state index contributed by atoms with van der Waals surface area (Å²) in [6, 6.07) is 17.9. The Morgan fingerprint density at radius 2 is 1.73 bits per heavy atom. The minimum Gasteiger partial charge on any atom is -0.320 e. The molecule has 0 spiro atoms. The Balaban J connectivity index is 1.65. The number of anilines is 1. The van der Waals surface area contributed by atoms with Crippen molar-refractivity contribution in [3.8, 4) is 5.69 Å². The molecule has 1 aromatic heterocycles. The zero-order valence-electron chi connectivity index (χ0n) is 14.3. The van der Waals surface area contributed by atoms with Crippen LogP contribution in [0.4, 0.5) is 5.69 Å². The van der Waals surface area contributed by atoms with Crippen LogP contribution in [0.15, 0.2) is 65.5 Å². The van der Waals surface area contributed by atoms with Gasteiger partial charge in [0, 0.05) is 11.8 Å². The molecular weight excluding hydrogens is 326 g/mol. The van der Waals surface area contributed by atoms with Crippen LogP contribution in [0.25, 0.3) is 5.69 Å². The Morgan fingerprint density at radius 1 is 0.923 bits per heavy atom. The smallest absolute Gasteiger partial charge is 0.276 e. The lowest BCUT2D eigenvalue weighted by atomic mass is 9.90. The molecule has 3 aromatic rings. The number of fused-ring (bicyclic) bond motifs is 1. The number of nitrogens with one attached hydrogen (secondary N) is 1. The number of amides is 1. The molecule has 0 radical (unpaired) electrons. The average molecular weight is 345 g/mol. The number of rotatable bonds is 3. The Bertz CT molecular complexity index is 1010. The molecule has 0 fully saturated rings. The minimum absolute atomic E-state index is 0.210. The molecule has 4 rings (SSSR count). The van der Waals surface area contributed by atoms with Gasteiger partial charge in [-0.3, -0.25) is 9.59 Å². The number of hydrogen-bond acceptors (Lipinski definition) is 3. The van der Waals surface area contributed by atoms with Crippen molar-refractivity contribution < 1.29 is 4.79 Å². The number of para-hydroxylation sites is 1. The molecule has 1 aliphatic rings. The van der Waals surface area contributed by atoms with E-state index in [1.54, 1.807) is 12.1 Å². The molecule has 1 amide bonds. The first-order valence-corrected chi connectivity index (χ1v) is 8.80. The summed E-state index contributed by atoms with van der Waals surface area (Å²) in [5.41, 5.74) is 3.92. The largest absolute Gasteiger partial charge is 0.320 e. The fraction of sp³-hybridized carbons (Fsp3) is 0.190. The number of hydrogen-bond donors (Lipinski definition) is 1. The van der Waals surface area contributed by atoms with Gasteiger partial charge >= 0.3 is 0 Å². The number of nitrogens with zero attached hydrogens (tertiary/aromatic N) is 2. The predicted molar refractivity (Wildman–Crippen MR) is 101 cm³/mol. The molecule has 0 atom stereocenters. The van der Waals surface area contributed by atoms with Crippen molar-refractivity contribution in [3.05, 3.63) is 87.8 Å². The van der Waals surface area contributed by atoms with Crippen LogP contribution in [0.2, 0.25) is 0 Å². The van der Waals surface area contributed by atoms with E-state index in [2.05, 4.69) is 16.5 Å². The van der Waals surface area contributed by atoms with E-state index in [0.717, 1.165) is 24.9 Å². The highest BCUT2D eigenvalue weighted by Gasteiger charge is 2.16. The van der Waals surface area contributed by atoms with Gasteiger partial charge in [-0.05, 0) is 61.1 Å². The van der Waals surface area contributed by atoms with Crippen LogP contribution in [0, 0.1) is 0 Å². The summed E-state index contributed by atoms with van der Waals surface area (Å²) in [7, 11) is 0. The topological polar surface area (TPSA) is 64.0 Å². The molecule has 1 heterocycles. The zero-order valence-corrected chi connectivity index (χ0v) is 14.3. The van der Waals surface area contributed by atoms with E-state index >= 15 is 0 Å². The van der Waals surface area contributed by atoms with E-state index in [1.165, 1.54) is 34.4 Å². The average Bonchev–Trinajstić information content (AvgIpc) is 2.69. The number of benzene rings is 2. The molecule has 130 valence electrons. The highest BCUT2D eigenvalue weighted by atomic mass is 16.2. The maximum atomic E-state index is 12.7. The summed E-state index contributed by atoms with van der Waals surface area (Å²) in [5.74, 6) is -0.311. The van der Waals surface area contributed by atoms with Gasteiger partial charge in [-0.1, -0.05) is 30.3 Å². The van der Waals surface area contributed by atoms with Crippen molar-refractivity contribution in [2.75, 3.05) is 5.32 Å². The fourth-order valence-corrected chi connectivity index (χ4v) is 3.37. The second kappa shape index (κ2) is 6.96. The van der Waals surface area contributed by atoms with Crippen molar-refractivity contribution in [2.45, 2.75) is 25.7 Å². The van der Waals surface area contributed by atoms with Gasteiger partial charge in [0.25, 0.3) is 11.5 Å². The van der Waals surface area contributed by atoms with Gasteiger partial charge in [0.05, 0.1) is 5.69 Å². The van der Waals surface area contributed by atoms with Gasteiger partial charge in [-0.25, -0.2) is 0 Å². The summed E-state index contributed by atoms with van der Waals surface area (Å²) in [4.78, 5) is 24.8. The molecule has 26 heavy (non-hydrogen) atoms. The highest BCUT2D eigenvalue weighted by molar-refractivity contribution is 6.03. The molecule has 2 aromatic carbocycles.